The molecule has 4 rings (SSSR count). The molecule has 4 heterocycles. The molecule has 3 aliphatic heterocycles. The van der Waals surface area contributed by atoms with Gasteiger partial charge < -0.3 is 19.4 Å². The summed E-state index contributed by atoms with van der Waals surface area (Å²) in [5.74, 6) is 3.15. The highest BCUT2D eigenvalue weighted by Gasteiger charge is 2.30. The first-order chi connectivity index (χ1) is 13.2. The minimum atomic E-state index is 0.176. The van der Waals surface area contributed by atoms with Crippen molar-refractivity contribution in [2.45, 2.75) is 32.6 Å². The van der Waals surface area contributed by atoms with E-state index < -0.39 is 0 Å². The second-order valence-electron chi connectivity index (χ2n) is 8.12. The third kappa shape index (κ3) is 4.34. The fraction of sp³-hybridized carbons (Fsp3) is 0.750. The Hall–Kier alpha value is -1.89. The van der Waals surface area contributed by atoms with E-state index in [0.29, 0.717) is 5.91 Å². The average molecular weight is 374 g/mol. The maximum absolute atomic E-state index is 12.8. The van der Waals surface area contributed by atoms with Crippen LogP contribution in [0.1, 0.15) is 32.6 Å². The fourth-order valence-electron chi connectivity index (χ4n) is 4.29. The van der Waals surface area contributed by atoms with Gasteiger partial charge in [-0.1, -0.05) is 6.92 Å². The quantitative estimate of drug-likeness (QED) is 0.805. The van der Waals surface area contributed by atoms with E-state index in [1.807, 2.05) is 0 Å². The first-order valence-electron chi connectivity index (χ1n) is 10.4. The molecular weight excluding hydrogens is 342 g/mol. The molecule has 0 aromatic carbocycles. The summed E-state index contributed by atoms with van der Waals surface area (Å²) in [6.45, 7) is 9.17. The Morgan fingerprint density at radius 2 is 1.44 bits per heavy atom. The molecule has 1 aromatic heterocycles. The van der Waals surface area contributed by atoms with Crippen molar-refractivity contribution >= 4 is 17.5 Å². The third-order valence-electron chi connectivity index (χ3n) is 6.23. The molecule has 0 atom stereocenters. The van der Waals surface area contributed by atoms with Crippen LogP contribution in [0.5, 0.6) is 0 Å². The lowest BCUT2D eigenvalue weighted by molar-refractivity contribution is -0.137. The normalized spacial score (nSPS) is 22.9. The molecule has 0 bridgehead atoms. The highest BCUT2D eigenvalue weighted by molar-refractivity contribution is 5.79. The summed E-state index contributed by atoms with van der Waals surface area (Å²) in [7, 11) is 0. The SMILES string of the molecule is CC1CCN(C(=O)C2CCN(c3ccc(N4CCOCC4)nn3)CC2)CC1. The maximum Gasteiger partial charge on any atom is 0.225 e. The van der Waals surface area contributed by atoms with Crippen LogP contribution in [0.3, 0.4) is 0 Å². The number of aromatic nitrogens is 2. The Morgan fingerprint density at radius 3 is 2.00 bits per heavy atom. The predicted molar refractivity (Wildman–Crippen MR) is 105 cm³/mol. The van der Waals surface area contributed by atoms with Gasteiger partial charge in [0.25, 0.3) is 0 Å². The van der Waals surface area contributed by atoms with Gasteiger partial charge in [-0.25, -0.2) is 0 Å². The number of carbonyl (C=O) groups excluding carboxylic acids is 1. The number of likely N-dealkylation sites (tertiary alicyclic amines) is 1. The highest BCUT2D eigenvalue weighted by atomic mass is 16.5. The van der Waals surface area contributed by atoms with Crippen molar-refractivity contribution in [3.8, 4) is 0 Å². The summed E-state index contributed by atoms with van der Waals surface area (Å²) < 4.78 is 5.39. The van der Waals surface area contributed by atoms with Crippen LogP contribution in [0, 0.1) is 11.8 Å². The lowest BCUT2D eigenvalue weighted by atomic mass is 9.92. The Balaban J connectivity index is 1.29. The summed E-state index contributed by atoms with van der Waals surface area (Å²) in [4.78, 5) is 19.4. The lowest BCUT2D eigenvalue weighted by Crippen LogP contribution is -2.45. The molecule has 0 radical (unpaired) electrons. The van der Waals surface area contributed by atoms with E-state index in [4.69, 9.17) is 4.74 Å². The first kappa shape index (κ1) is 18.5. The summed E-state index contributed by atoms with van der Waals surface area (Å²) in [6, 6.07) is 4.12. The standard InChI is InChI=1S/C20H31N5O2/c1-16-4-8-25(9-5-16)20(26)17-6-10-23(11-7-17)18-2-3-19(22-21-18)24-12-14-27-15-13-24/h2-3,16-17H,4-15H2,1H3. The van der Waals surface area contributed by atoms with Gasteiger partial charge in [0, 0.05) is 45.2 Å². The minimum Gasteiger partial charge on any atom is -0.378 e. The number of rotatable bonds is 3. The third-order valence-corrected chi connectivity index (χ3v) is 6.23. The molecule has 0 N–H and O–H groups in total. The van der Waals surface area contributed by atoms with Crippen LogP contribution in [-0.4, -0.2) is 73.5 Å². The number of morpholine rings is 1. The average Bonchev–Trinajstić information content (AvgIpc) is 2.75. The molecule has 0 aliphatic carbocycles. The van der Waals surface area contributed by atoms with Gasteiger partial charge in [-0.3, -0.25) is 4.79 Å². The van der Waals surface area contributed by atoms with E-state index in [1.165, 1.54) is 0 Å². The van der Waals surface area contributed by atoms with Crippen molar-refractivity contribution in [1.82, 2.24) is 15.1 Å². The van der Waals surface area contributed by atoms with Crippen LogP contribution in [0.4, 0.5) is 11.6 Å². The molecule has 0 spiro atoms. The molecule has 1 amide bonds. The van der Waals surface area contributed by atoms with Crippen LogP contribution in [-0.2, 0) is 9.53 Å². The smallest absolute Gasteiger partial charge is 0.225 e. The second kappa shape index (κ2) is 8.42. The van der Waals surface area contributed by atoms with Crippen LogP contribution in [0.2, 0.25) is 0 Å². The van der Waals surface area contributed by atoms with Gasteiger partial charge in [-0.2, -0.15) is 0 Å². The van der Waals surface area contributed by atoms with Crippen LogP contribution < -0.4 is 9.80 Å². The zero-order chi connectivity index (χ0) is 18.6. The van der Waals surface area contributed by atoms with Crippen molar-refractivity contribution in [3.63, 3.8) is 0 Å². The molecule has 3 aliphatic rings. The molecule has 0 saturated carbocycles. The van der Waals surface area contributed by atoms with Gasteiger partial charge in [-0.05, 0) is 43.7 Å². The largest absolute Gasteiger partial charge is 0.378 e. The minimum absolute atomic E-state index is 0.176. The van der Waals surface area contributed by atoms with Crippen molar-refractivity contribution in [1.29, 1.82) is 0 Å². The Morgan fingerprint density at radius 1 is 0.889 bits per heavy atom. The Labute approximate surface area is 161 Å². The number of nitrogens with zero attached hydrogens (tertiary/aromatic N) is 5. The number of anilines is 2. The van der Waals surface area contributed by atoms with E-state index in [2.05, 4.69) is 44.0 Å². The van der Waals surface area contributed by atoms with Gasteiger partial charge in [-0.15, -0.1) is 10.2 Å². The summed E-state index contributed by atoms with van der Waals surface area (Å²) >= 11 is 0. The fourth-order valence-corrected chi connectivity index (χ4v) is 4.29. The van der Waals surface area contributed by atoms with Crippen LogP contribution >= 0.6 is 0 Å². The molecule has 7 heteroatoms. The summed E-state index contributed by atoms with van der Waals surface area (Å²) in [5.41, 5.74) is 0. The zero-order valence-electron chi connectivity index (χ0n) is 16.3. The summed E-state index contributed by atoms with van der Waals surface area (Å²) in [5, 5.41) is 8.86. The van der Waals surface area contributed by atoms with Crippen LogP contribution in [0.25, 0.3) is 0 Å². The van der Waals surface area contributed by atoms with Gasteiger partial charge in [0.2, 0.25) is 5.91 Å². The predicted octanol–water partition coefficient (Wildman–Crippen LogP) is 1.79. The van der Waals surface area contributed by atoms with Gasteiger partial charge >= 0.3 is 0 Å². The van der Waals surface area contributed by atoms with E-state index in [-0.39, 0.29) is 5.92 Å². The zero-order valence-corrected chi connectivity index (χ0v) is 16.3. The molecule has 7 nitrogen and oxygen atoms in total. The molecule has 148 valence electrons. The topological polar surface area (TPSA) is 61.8 Å². The molecule has 3 fully saturated rings. The van der Waals surface area contributed by atoms with E-state index in [0.717, 1.165) is 95.7 Å². The molecule has 3 saturated heterocycles. The molecule has 1 aromatic rings. The van der Waals surface area contributed by atoms with E-state index in [9.17, 15) is 4.79 Å². The maximum atomic E-state index is 12.8. The van der Waals surface area contributed by atoms with Crippen molar-refractivity contribution in [2.75, 3.05) is 62.3 Å². The number of carbonyl (C=O) groups is 1. The van der Waals surface area contributed by atoms with Gasteiger partial charge in [0.05, 0.1) is 13.2 Å². The monoisotopic (exact) mass is 373 g/mol. The number of hydrogen-bond donors (Lipinski definition) is 0. The molecular formula is C20H31N5O2. The molecule has 0 unspecified atom stereocenters. The number of ether oxygens (including phenoxy) is 1. The van der Waals surface area contributed by atoms with Gasteiger partial charge in [0.1, 0.15) is 0 Å². The van der Waals surface area contributed by atoms with Crippen molar-refractivity contribution in [2.24, 2.45) is 11.8 Å². The number of hydrogen-bond acceptors (Lipinski definition) is 6. The Bertz CT molecular complexity index is 616. The van der Waals surface area contributed by atoms with E-state index >= 15 is 0 Å². The van der Waals surface area contributed by atoms with Crippen molar-refractivity contribution in [3.05, 3.63) is 12.1 Å². The lowest BCUT2D eigenvalue weighted by Gasteiger charge is -2.37. The first-order valence-corrected chi connectivity index (χ1v) is 10.4. The molecule has 27 heavy (non-hydrogen) atoms. The summed E-state index contributed by atoms with van der Waals surface area (Å²) in [6.07, 6.45) is 4.13. The van der Waals surface area contributed by atoms with Crippen molar-refractivity contribution < 1.29 is 9.53 Å². The highest BCUT2D eigenvalue weighted by Crippen LogP contribution is 2.26. The number of piperidine rings is 2. The van der Waals surface area contributed by atoms with Gasteiger partial charge in [0.15, 0.2) is 11.6 Å². The Kier molecular flexibility index (Phi) is 5.76. The van der Waals surface area contributed by atoms with E-state index in [1.54, 1.807) is 0 Å². The van der Waals surface area contributed by atoms with Crippen LogP contribution in [0.15, 0.2) is 12.1 Å². The second-order valence-corrected chi connectivity index (χ2v) is 8.12. The number of amides is 1.